The van der Waals surface area contributed by atoms with Crippen molar-refractivity contribution in [2.24, 2.45) is 0 Å². The van der Waals surface area contributed by atoms with Crippen LogP contribution in [0.1, 0.15) is 38.3 Å². The van der Waals surface area contributed by atoms with Crippen LogP contribution in [0.5, 0.6) is 0 Å². The highest BCUT2D eigenvalue weighted by molar-refractivity contribution is 6.30. The van der Waals surface area contributed by atoms with E-state index in [4.69, 9.17) is 11.6 Å². The molecule has 0 spiro atoms. The van der Waals surface area contributed by atoms with Crippen LogP contribution in [0.25, 0.3) is 0 Å². The van der Waals surface area contributed by atoms with Crippen molar-refractivity contribution in [3.63, 3.8) is 0 Å². The fourth-order valence-corrected chi connectivity index (χ4v) is 2.48. The fraction of sp³-hybridized carbons (Fsp3) is 0.538. The summed E-state index contributed by atoms with van der Waals surface area (Å²) in [5.74, 6) is 0. The number of aliphatic hydroxyl groups is 1. The standard InChI is InChI=1S/C13H18ClNO/c1-13(2,16)12-7-6-11(15-12)9-4-3-5-10(14)8-9/h3-5,8,11-12,15-16H,6-7H2,1-2H3/t11-,12+/m0/s1. The summed E-state index contributed by atoms with van der Waals surface area (Å²) in [6.45, 7) is 3.70. The largest absolute Gasteiger partial charge is 0.389 e. The van der Waals surface area contributed by atoms with Gasteiger partial charge in [0, 0.05) is 17.1 Å². The predicted molar refractivity (Wildman–Crippen MR) is 66.6 cm³/mol. The lowest BCUT2D eigenvalue weighted by Gasteiger charge is -2.26. The van der Waals surface area contributed by atoms with Gasteiger partial charge in [0.15, 0.2) is 0 Å². The fourth-order valence-electron chi connectivity index (χ4n) is 2.29. The van der Waals surface area contributed by atoms with Crippen molar-refractivity contribution >= 4 is 11.6 Å². The van der Waals surface area contributed by atoms with Gasteiger partial charge in [-0.25, -0.2) is 0 Å². The van der Waals surface area contributed by atoms with Gasteiger partial charge >= 0.3 is 0 Å². The average Bonchev–Trinajstić information content (AvgIpc) is 2.65. The molecule has 1 saturated heterocycles. The maximum atomic E-state index is 9.95. The van der Waals surface area contributed by atoms with Crippen molar-refractivity contribution in [3.05, 3.63) is 34.9 Å². The molecular weight excluding hydrogens is 222 g/mol. The SMILES string of the molecule is CC(C)(O)[C@H]1CC[C@@H](c2cccc(Cl)c2)N1. The summed E-state index contributed by atoms with van der Waals surface area (Å²) >= 11 is 5.97. The topological polar surface area (TPSA) is 32.3 Å². The molecule has 1 aromatic rings. The molecule has 0 aliphatic carbocycles. The molecule has 3 heteroatoms. The average molecular weight is 240 g/mol. The van der Waals surface area contributed by atoms with Gasteiger partial charge in [0.2, 0.25) is 0 Å². The lowest BCUT2D eigenvalue weighted by Crippen LogP contribution is -2.43. The summed E-state index contributed by atoms with van der Waals surface area (Å²) in [7, 11) is 0. The molecule has 0 radical (unpaired) electrons. The number of benzene rings is 1. The van der Waals surface area contributed by atoms with E-state index in [0.29, 0.717) is 6.04 Å². The molecule has 2 N–H and O–H groups in total. The van der Waals surface area contributed by atoms with Gasteiger partial charge in [-0.2, -0.15) is 0 Å². The molecule has 0 amide bonds. The van der Waals surface area contributed by atoms with Crippen molar-refractivity contribution < 1.29 is 5.11 Å². The van der Waals surface area contributed by atoms with Gasteiger partial charge in [-0.1, -0.05) is 23.7 Å². The molecule has 1 aliphatic rings. The minimum atomic E-state index is -0.659. The summed E-state index contributed by atoms with van der Waals surface area (Å²) in [4.78, 5) is 0. The lowest BCUT2D eigenvalue weighted by atomic mass is 9.98. The molecule has 0 aromatic heterocycles. The number of hydrogen-bond acceptors (Lipinski definition) is 2. The van der Waals surface area contributed by atoms with Crippen LogP contribution in [-0.2, 0) is 0 Å². The molecular formula is C13H18ClNO. The highest BCUT2D eigenvalue weighted by Crippen LogP contribution is 2.31. The van der Waals surface area contributed by atoms with E-state index in [9.17, 15) is 5.11 Å². The molecule has 1 fully saturated rings. The quantitative estimate of drug-likeness (QED) is 0.832. The first-order valence-corrected chi connectivity index (χ1v) is 6.08. The first kappa shape index (κ1) is 11.9. The van der Waals surface area contributed by atoms with E-state index in [0.717, 1.165) is 17.9 Å². The number of rotatable bonds is 2. The number of hydrogen-bond donors (Lipinski definition) is 2. The van der Waals surface area contributed by atoms with Gasteiger partial charge in [0.05, 0.1) is 5.60 Å². The summed E-state index contributed by atoms with van der Waals surface area (Å²) in [6, 6.07) is 8.40. The van der Waals surface area contributed by atoms with Crippen LogP contribution in [0.4, 0.5) is 0 Å². The maximum Gasteiger partial charge on any atom is 0.0744 e. The van der Waals surface area contributed by atoms with E-state index in [1.165, 1.54) is 5.56 Å². The predicted octanol–water partition coefficient (Wildman–Crippen LogP) is 2.90. The van der Waals surface area contributed by atoms with Gasteiger partial charge in [0.25, 0.3) is 0 Å². The monoisotopic (exact) mass is 239 g/mol. The van der Waals surface area contributed by atoms with Crippen LogP contribution in [0.3, 0.4) is 0 Å². The summed E-state index contributed by atoms with van der Waals surface area (Å²) < 4.78 is 0. The highest BCUT2D eigenvalue weighted by atomic mass is 35.5. The highest BCUT2D eigenvalue weighted by Gasteiger charge is 2.34. The van der Waals surface area contributed by atoms with Gasteiger partial charge in [-0.05, 0) is 44.4 Å². The lowest BCUT2D eigenvalue weighted by molar-refractivity contribution is 0.0432. The Morgan fingerprint density at radius 1 is 1.38 bits per heavy atom. The first-order valence-electron chi connectivity index (χ1n) is 5.71. The third-order valence-corrected chi connectivity index (χ3v) is 3.49. The van der Waals surface area contributed by atoms with Gasteiger partial charge in [0.1, 0.15) is 0 Å². The zero-order chi connectivity index (χ0) is 11.8. The minimum Gasteiger partial charge on any atom is -0.389 e. The summed E-state index contributed by atoms with van der Waals surface area (Å²) in [5.41, 5.74) is 0.548. The Bertz CT molecular complexity index is 372. The summed E-state index contributed by atoms with van der Waals surface area (Å²) in [6.07, 6.45) is 2.05. The molecule has 88 valence electrons. The first-order chi connectivity index (χ1) is 7.47. The second kappa shape index (κ2) is 4.36. The second-order valence-corrected chi connectivity index (χ2v) is 5.49. The van der Waals surface area contributed by atoms with Crippen LogP contribution in [-0.4, -0.2) is 16.7 Å². The van der Waals surface area contributed by atoms with E-state index < -0.39 is 5.60 Å². The zero-order valence-electron chi connectivity index (χ0n) is 9.70. The molecule has 0 unspecified atom stereocenters. The number of halogens is 1. The van der Waals surface area contributed by atoms with Crippen LogP contribution in [0, 0.1) is 0 Å². The van der Waals surface area contributed by atoms with Crippen molar-refractivity contribution in [1.29, 1.82) is 0 Å². The molecule has 2 nitrogen and oxygen atoms in total. The van der Waals surface area contributed by atoms with Gasteiger partial charge < -0.3 is 10.4 Å². The van der Waals surface area contributed by atoms with Crippen LogP contribution in [0.15, 0.2) is 24.3 Å². The normalized spacial score (nSPS) is 26.0. The molecule has 2 atom stereocenters. The third kappa shape index (κ3) is 2.57. The molecule has 16 heavy (non-hydrogen) atoms. The minimum absolute atomic E-state index is 0.163. The van der Waals surface area contributed by atoms with E-state index in [1.807, 2.05) is 32.0 Å². The number of nitrogens with one attached hydrogen (secondary N) is 1. The van der Waals surface area contributed by atoms with Crippen molar-refractivity contribution in [3.8, 4) is 0 Å². The van der Waals surface area contributed by atoms with Crippen LogP contribution >= 0.6 is 11.6 Å². The van der Waals surface area contributed by atoms with Crippen molar-refractivity contribution in [2.75, 3.05) is 0 Å². The second-order valence-electron chi connectivity index (χ2n) is 5.06. The van der Waals surface area contributed by atoms with Gasteiger partial charge in [-0.3, -0.25) is 0 Å². The van der Waals surface area contributed by atoms with E-state index in [2.05, 4.69) is 11.4 Å². The molecule has 1 aromatic carbocycles. The molecule has 2 rings (SSSR count). The van der Waals surface area contributed by atoms with E-state index in [1.54, 1.807) is 0 Å². The van der Waals surface area contributed by atoms with Gasteiger partial charge in [-0.15, -0.1) is 0 Å². The van der Waals surface area contributed by atoms with Crippen LogP contribution in [0.2, 0.25) is 5.02 Å². The molecule has 1 heterocycles. The van der Waals surface area contributed by atoms with Crippen LogP contribution < -0.4 is 5.32 Å². The van der Waals surface area contributed by atoms with Crippen molar-refractivity contribution in [2.45, 2.75) is 44.4 Å². The van der Waals surface area contributed by atoms with E-state index in [-0.39, 0.29) is 6.04 Å². The molecule has 0 saturated carbocycles. The Kier molecular flexibility index (Phi) is 3.24. The Morgan fingerprint density at radius 3 is 2.69 bits per heavy atom. The van der Waals surface area contributed by atoms with Crippen molar-refractivity contribution in [1.82, 2.24) is 5.32 Å². The Hall–Kier alpha value is -0.570. The zero-order valence-corrected chi connectivity index (χ0v) is 10.5. The summed E-state index contributed by atoms with van der Waals surface area (Å²) in [5, 5.41) is 14.2. The Labute approximate surface area is 102 Å². The molecule has 1 aliphatic heterocycles. The molecule has 0 bridgehead atoms. The Balaban J connectivity index is 2.09. The maximum absolute atomic E-state index is 9.95. The van der Waals surface area contributed by atoms with E-state index >= 15 is 0 Å². The Morgan fingerprint density at radius 2 is 2.12 bits per heavy atom. The smallest absolute Gasteiger partial charge is 0.0744 e. The third-order valence-electron chi connectivity index (χ3n) is 3.25.